The Hall–Kier alpha value is -3.88. The standard InChI is InChI=1S/C22H19FN6O2S/c1-2-24-16-7-4-14(5-8-16)12-19(30)25-10-3-11-28-20(31)17-13-15(23)6-9-18(17)29-21(28)26-27-22(29)32/h4-9,13H,1,3,10-12H2,(H,25,30)(H,27,32). The number of H-pyrrole nitrogens is 1. The number of aryl methyl sites for hydroxylation is 1. The van der Waals surface area contributed by atoms with Crippen molar-refractivity contribution < 1.29 is 9.18 Å². The molecule has 4 rings (SSSR count). The second-order valence-electron chi connectivity index (χ2n) is 7.10. The van der Waals surface area contributed by atoms with Crippen molar-refractivity contribution in [3.8, 4) is 0 Å². The second kappa shape index (κ2) is 9.09. The number of fused-ring (bicyclic) bond motifs is 3. The number of aromatic nitrogens is 4. The van der Waals surface area contributed by atoms with Crippen LogP contribution in [0.4, 0.5) is 10.1 Å². The van der Waals surface area contributed by atoms with Crippen molar-refractivity contribution in [3.05, 3.63) is 75.5 Å². The van der Waals surface area contributed by atoms with E-state index in [0.29, 0.717) is 29.0 Å². The molecule has 0 aliphatic heterocycles. The first-order valence-corrected chi connectivity index (χ1v) is 10.3. The fourth-order valence-corrected chi connectivity index (χ4v) is 3.72. The SMILES string of the molecule is C=C=Nc1ccc(CC(=O)NCCCn2c(=O)c3cc(F)ccc3n3c(=S)[nH]nc23)cc1. The number of hydrogen-bond acceptors (Lipinski definition) is 5. The number of carbonyl (C=O) groups excluding carboxylic acids is 1. The molecule has 8 nitrogen and oxygen atoms in total. The Labute approximate surface area is 186 Å². The number of halogens is 1. The predicted octanol–water partition coefficient (Wildman–Crippen LogP) is 3.08. The summed E-state index contributed by atoms with van der Waals surface area (Å²) in [6.07, 6.45) is 0.709. The van der Waals surface area contributed by atoms with Crippen molar-refractivity contribution in [2.24, 2.45) is 4.99 Å². The average molecular weight is 450 g/mol. The van der Waals surface area contributed by atoms with E-state index in [1.807, 2.05) is 12.1 Å². The highest BCUT2D eigenvalue weighted by molar-refractivity contribution is 7.71. The van der Waals surface area contributed by atoms with Gasteiger partial charge in [-0.1, -0.05) is 12.1 Å². The van der Waals surface area contributed by atoms with Crippen LogP contribution in [-0.2, 0) is 17.8 Å². The summed E-state index contributed by atoms with van der Waals surface area (Å²) in [6, 6.07) is 11.2. The normalized spacial score (nSPS) is 10.9. The fraction of sp³-hybridized carbons (Fsp3) is 0.182. The maximum atomic E-state index is 13.7. The third-order valence-corrected chi connectivity index (χ3v) is 5.23. The van der Waals surface area contributed by atoms with E-state index in [4.69, 9.17) is 12.2 Å². The molecular formula is C22H19FN6O2S. The van der Waals surface area contributed by atoms with Crippen molar-refractivity contribution in [1.29, 1.82) is 0 Å². The van der Waals surface area contributed by atoms with Gasteiger partial charge in [0.2, 0.25) is 16.5 Å². The molecule has 2 aromatic heterocycles. The molecule has 0 saturated heterocycles. The number of nitrogens with zero attached hydrogens (tertiary/aromatic N) is 4. The minimum absolute atomic E-state index is 0.134. The summed E-state index contributed by atoms with van der Waals surface area (Å²) >= 11 is 5.27. The van der Waals surface area contributed by atoms with Gasteiger partial charge in [0.25, 0.3) is 5.56 Å². The Morgan fingerprint density at radius 2 is 2.06 bits per heavy atom. The maximum absolute atomic E-state index is 13.7. The molecule has 0 bridgehead atoms. The molecule has 1 amide bonds. The lowest BCUT2D eigenvalue weighted by Gasteiger charge is -2.11. The second-order valence-corrected chi connectivity index (χ2v) is 7.49. The van der Waals surface area contributed by atoms with Crippen LogP contribution >= 0.6 is 12.2 Å². The summed E-state index contributed by atoms with van der Waals surface area (Å²) in [6.45, 7) is 4.07. The van der Waals surface area contributed by atoms with Gasteiger partial charge < -0.3 is 5.32 Å². The van der Waals surface area contributed by atoms with Crippen molar-refractivity contribution in [1.82, 2.24) is 24.5 Å². The van der Waals surface area contributed by atoms with E-state index in [2.05, 4.69) is 33.0 Å². The van der Waals surface area contributed by atoms with E-state index < -0.39 is 5.82 Å². The van der Waals surface area contributed by atoms with E-state index in [9.17, 15) is 14.0 Å². The molecule has 0 fully saturated rings. The van der Waals surface area contributed by atoms with Crippen molar-refractivity contribution >= 4 is 46.4 Å². The van der Waals surface area contributed by atoms with Crippen LogP contribution in [0, 0.1) is 10.6 Å². The molecule has 0 saturated carbocycles. The molecular weight excluding hydrogens is 431 g/mol. The highest BCUT2D eigenvalue weighted by Gasteiger charge is 2.14. The molecule has 0 aliphatic carbocycles. The number of rotatable bonds is 7. The third kappa shape index (κ3) is 4.27. The number of benzene rings is 2. The summed E-state index contributed by atoms with van der Waals surface area (Å²) in [5.41, 5.74) is 1.69. The lowest BCUT2D eigenvalue weighted by Crippen LogP contribution is -2.29. The van der Waals surface area contributed by atoms with E-state index in [1.165, 1.54) is 22.8 Å². The molecule has 4 aromatic rings. The van der Waals surface area contributed by atoms with Crippen LogP contribution in [0.5, 0.6) is 0 Å². The molecule has 2 aromatic carbocycles. The molecule has 2 N–H and O–H groups in total. The van der Waals surface area contributed by atoms with Gasteiger partial charge in [-0.3, -0.25) is 18.6 Å². The zero-order valence-electron chi connectivity index (χ0n) is 17.0. The number of aliphatic imine (C=N–C) groups is 1. The van der Waals surface area contributed by atoms with Crippen LogP contribution in [0.25, 0.3) is 16.7 Å². The quantitative estimate of drug-likeness (QED) is 0.257. The Balaban J connectivity index is 1.44. The van der Waals surface area contributed by atoms with Gasteiger partial charge in [-0.05, 0) is 67.0 Å². The van der Waals surface area contributed by atoms with Gasteiger partial charge in [0, 0.05) is 13.1 Å². The van der Waals surface area contributed by atoms with Gasteiger partial charge in [-0.15, -0.1) is 5.10 Å². The monoisotopic (exact) mass is 450 g/mol. The molecule has 0 atom stereocenters. The number of aromatic amines is 1. The van der Waals surface area contributed by atoms with Gasteiger partial charge in [0.1, 0.15) is 5.82 Å². The van der Waals surface area contributed by atoms with Crippen molar-refractivity contribution in [2.45, 2.75) is 19.4 Å². The Bertz CT molecular complexity index is 1480. The van der Waals surface area contributed by atoms with Gasteiger partial charge in [-0.2, -0.15) is 0 Å². The molecule has 0 aliphatic rings. The first-order chi connectivity index (χ1) is 15.5. The van der Waals surface area contributed by atoms with Crippen LogP contribution in [0.3, 0.4) is 0 Å². The molecule has 0 spiro atoms. The number of carbonyl (C=O) groups is 1. The number of amides is 1. The molecule has 10 heteroatoms. The van der Waals surface area contributed by atoms with Crippen LogP contribution in [0.1, 0.15) is 12.0 Å². The summed E-state index contributed by atoms with van der Waals surface area (Å²) in [7, 11) is 0. The minimum Gasteiger partial charge on any atom is -0.356 e. The molecule has 162 valence electrons. The zero-order chi connectivity index (χ0) is 22.7. The van der Waals surface area contributed by atoms with Crippen LogP contribution in [0.2, 0.25) is 0 Å². The molecule has 2 heterocycles. The summed E-state index contributed by atoms with van der Waals surface area (Å²) in [5, 5.41) is 9.89. The van der Waals surface area contributed by atoms with Gasteiger partial charge in [0.05, 0.1) is 23.0 Å². The molecule has 0 radical (unpaired) electrons. The van der Waals surface area contributed by atoms with Gasteiger partial charge >= 0.3 is 0 Å². The Morgan fingerprint density at radius 1 is 1.28 bits per heavy atom. The van der Waals surface area contributed by atoms with Crippen LogP contribution < -0.4 is 10.9 Å². The van der Waals surface area contributed by atoms with E-state index >= 15 is 0 Å². The predicted molar refractivity (Wildman–Crippen MR) is 123 cm³/mol. The lowest BCUT2D eigenvalue weighted by atomic mass is 10.1. The highest BCUT2D eigenvalue weighted by Crippen LogP contribution is 2.15. The zero-order valence-corrected chi connectivity index (χ0v) is 17.8. The largest absolute Gasteiger partial charge is 0.356 e. The van der Waals surface area contributed by atoms with E-state index in [0.717, 1.165) is 11.3 Å². The summed E-state index contributed by atoms with van der Waals surface area (Å²) in [4.78, 5) is 29.1. The Morgan fingerprint density at radius 3 is 2.81 bits per heavy atom. The summed E-state index contributed by atoms with van der Waals surface area (Å²) < 4.78 is 17.1. The van der Waals surface area contributed by atoms with Gasteiger partial charge in [-0.25, -0.2) is 14.5 Å². The topological polar surface area (TPSA) is 96.5 Å². The Kier molecular flexibility index (Phi) is 6.07. The maximum Gasteiger partial charge on any atom is 0.262 e. The van der Waals surface area contributed by atoms with Gasteiger partial charge in [0.15, 0.2) is 0 Å². The number of hydrogen-bond donors (Lipinski definition) is 2. The first kappa shape index (κ1) is 21.4. The third-order valence-electron chi connectivity index (χ3n) is 4.96. The fourth-order valence-electron chi connectivity index (χ4n) is 3.49. The van der Waals surface area contributed by atoms with E-state index in [-0.39, 0.29) is 29.8 Å². The number of nitrogens with one attached hydrogen (secondary N) is 2. The van der Waals surface area contributed by atoms with Crippen molar-refractivity contribution in [2.75, 3.05) is 6.54 Å². The average Bonchev–Trinajstić information content (AvgIpc) is 3.16. The van der Waals surface area contributed by atoms with Crippen LogP contribution in [-0.4, -0.2) is 37.5 Å². The molecule has 32 heavy (non-hydrogen) atoms. The first-order valence-electron chi connectivity index (χ1n) is 9.85. The van der Waals surface area contributed by atoms with Crippen molar-refractivity contribution in [3.63, 3.8) is 0 Å². The highest BCUT2D eigenvalue weighted by atomic mass is 32.1. The van der Waals surface area contributed by atoms with Crippen LogP contribution in [0.15, 0.2) is 58.8 Å². The minimum atomic E-state index is -0.507. The molecule has 0 unspecified atom stereocenters. The lowest BCUT2D eigenvalue weighted by molar-refractivity contribution is -0.120. The van der Waals surface area contributed by atoms with E-state index in [1.54, 1.807) is 16.5 Å². The smallest absolute Gasteiger partial charge is 0.262 e. The summed E-state index contributed by atoms with van der Waals surface area (Å²) in [5.74, 6) is 2.16.